The first-order valence-electron chi connectivity index (χ1n) is 4.82. The van der Waals surface area contributed by atoms with Crippen molar-refractivity contribution in [3.63, 3.8) is 0 Å². The molecule has 0 aromatic rings. The van der Waals surface area contributed by atoms with Crippen molar-refractivity contribution in [3.8, 4) is 0 Å². The van der Waals surface area contributed by atoms with E-state index in [4.69, 9.17) is 4.74 Å². The molecule has 2 N–H and O–H groups in total. The van der Waals surface area contributed by atoms with Crippen molar-refractivity contribution in [1.29, 1.82) is 0 Å². The van der Waals surface area contributed by atoms with E-state index in [1.807, 2.05) is 0 Å². The molecule has 0 saturated carbocycles. The third-order valence-corrected chi connectivity index (χ3v) is 3.11. The Bertz CT molecular complexity index is 308. The summed E-state index contributed by atoms with van der Waals surface area (Å²) in [5.74, 6) is 0.534. The molecule has 1 fully saturated rings. The van der Waals surface area contributed by atoms with Gasteiger partial charge in [-0.1, -0.05) is 0 Å². The molecule has 6 nitrogen and oxygen atoms in total. The number of urea groups is 1. The second-order valence-electron chi connectivity index (χ2n) is 3.45. The molecule has 90 valence electrons. The number of imide groups is 1. The Kier molecular flexibility index (Phi) is 4.60. The zero-order valence-corrected chi connectivity index (χ0v) is 9.93. The highest BCUT2D eigenvalue weighted by atomic mass is 32.2. The number of thioether (sulfide) groups is 1. The second kappa shape index (κ2) is 5.74. The van der Waals surface area contributed by atoms with Crippen LogP contribution in [0.5, 0.6) is 0 Å². The lowest BCUT2D eigenvalue weighted by molar-refractivity contribution is -0.146. The van der Waals surface area contributed by atoms with Gasteiger partial charge in [0.25, 0.3) is 0 Å². The largest absolute Gasteiger partial charge is 0.459 e. The van der Waals surface area contributed by atoms with E-state index in [1.165, 1.54) is 13.8 Å². The molecule has 16 heavy (non-hydrogen) atoms. The molecule has 0 aliphatic carbocycles. The van der Waals surface area contributed by atoms with Gasteiger partial charge < -0.3 is 10.1 Å². The van der Waals surface area contributed by atoms with Crippen molar-refractivity contribution in [2.75, 3.05) is 11.5 Å². The van der Waals surface area contributed by atoms with Gasteiger partial charge in [0.15, 0.2) is 0 Å². The van der Waals surface area contributed by atoms with Crippen LogP contribution in [-0.4, -0.2) is 41.6 Å². The van der Waals surface area contributed by atoms with Gasteiger partial charge in [-0.2, -0.15) is 11.8 Å². The highest BCUT2D eigenvalue weighted by Crippen LogP contribution is 2.21. The van der Waals surface area contributed by atoms with Crippen LogP contribution in [0.2, 0.25) is 0 Å². The number of esters is 1. The fraction of sp³-hybridized carbons (Fsp3) is 0.667. The molecular formula is C9H14N2O4S. The Balaban J connectivity index is 2.43. The third kappa shape index (κ3) is 4.09. The van der Waals surface area contributed by atoms with E-state index in [0.29, 0.717) is 11.5 Å². The van der Waals surface area contributed by atoms with Crippen molar-refractivity contribution < 1.29 is 19.1 Å². The molecular weight excluding hydrogens is 232 g/mol. The van der Waals surface area contributed by atoms with Gasteiger partial charge in [-0.3, -0.25) is 14.9 Å². The maximum absolute atomic E-state index is 11.2. The molecule has 0 bridgehead atoms. The molecule has 1 saturated heterocycles. The normalized spacial score (nSPS) is 23.6. The molecule has 0 aromatic heterocycles. The van der Waals surface area contributed by atoms with Gasteiger partial charge in [0.05, 0.1) is 6.04 Å². The molecule has 0 aromatic carbocycles. The topological polar surface area (TPSA) is 84.5 Å². The minimum Gasteiger partial charge on any atom is -0.459 e. The van der Waals surface area contributed by atoms with Crippen LogP contribution in [-0.2, 0) is 14.3 Å². The molecule has 0 unspecified atom stereocenters. The number of hydrogen-bond donors (Lipinski definition) is 2. The molecule has 1 rings (SSSR count). The van der Waals surface area contributed by atoms with Crippen molar-refractivity contribution >= 4 is 29.7 Å². The van der Waals surface area contributed by atoms with Gasteiger partial charge in [-0.05, 0) is 0 Å². The summed E-state index contributed by atoms with van der Waals surface area (Å²) in [6.07, 6.45) is -0.319. The zero-order chi connectivity index (χ0) is 12.1. The standard InChI is InChI=1S/C9H14N2O4S/c1-5(12)10-9(14)11-7-3-16-4-8(7)15-6(2)13/h7-8H,3-4H2,1-2H3,(H2,10,11,12,14)/t7-,8-/m0/s1. The Morgan fingerprint density at radius 2 is 1.94 bits per heavy atom. The fourth-order valence-corrected chi connectivity index (χ4v) is 2.58. The summed E-state index contributed by atoms with van der Waals surface area (Å²) in [4.78, 5) is 32.7. The molecule has 7 heteroatoms. The lowest BCUT2D eigenvalue weighted by Crippen LogP contribution is -2.49. The summed E-state index contributed by atoms with van der Waals surface area (Å²) >= 11 is 1.59. The van der Waals surface area contributed by atoms with Crippen LogP contribution in [0.15, 0.2) is 0 Å². The molecule has 1 aliphatic heterocycles. The van der Waals surface area contributed by atoms with E-state index < -0.39 is 11.9 Å². The highest BCUT2D eigenvalue weighted by molar-refractivity contribution is 7.99. The van der Waals surface area contributed by atoms with Crippen LogP contribution in [0, 0.1) is 0 Å². The van der Waals surface area contributed by atoms with Crippen LogP contribution in [0.4, 0.5) is 4.79 Å². The summed E-state index contributed by atoms with van der Waals surface area (Å²) in [5, 5.41) is 4.70. The predicted molar refractivity (Wildman–Crippen MR) is 59.0 cm³/mol. The summed E-state index contributed by atoms with van der Waals surface area (Å²) in [7, 11) is 0. The fourth-order valence-electron chi connectivity index (χ4n) is 1.36. The van der Waals surface area contributed by atoms with Gasteiger partial charge in [0, 0.05) is 25.4 Å². The monoisotopic (exact) mass is 246 g/mol. The van der Waals surface area contributed by atoms with Crippen LogP contribution in [0.1, 0.15) is 13.8 Å². The van der Waals surface area contributed by atoms with E-state index in [9.17, 15) is 14.4 Å². The smallest absolute Gasteiger partial charge is 0.321 e. The Labute approximate surface area is 97.5 Å². The molecule has 0 spiro atoms. The average Bonchev–Trinajstić information content (AvgIpc) is 2.50. The van der Waals surface area contributed by atoms with Crippen molar-refractivity contribution in [2.24, 2.45) is 0 Å². The van der Waals surface area contributed by atoms with Gasteiger partial charge in [0.1, 0.15) is 6.10 Å². The molecule has 1 heterocycles. The maximum atomic E-state index is 11.2. The number of carbonyl (C=O) groups excluding carboxylic acids is 3. The molecule has 3 amide bonds. The summed E-state index contributed by atoms with van der Waals surface area (Å²) in [5.41, 5.74) is 0. The Hall–Kier alpha value is -1.24. The van der Waals surface area contributed by atoms with E-state index in [1.54, 1.807) is 11.8 Å². The van der Waals surface area contributed by atoms with Gasteiger partial charge >= 0.3 is 12.0 Å². The van der Waals surface area contributed by atoms with Crippen molar-refractivity contribution in [3.05, 3.63) is 0 Å². The quantitative estimate of drug-likeness (QED) is 0.663. The first-order valence-corrected chi connectivity index (χ1v) is 5.97. The first-order chi connectivity index (χ1) is 7.49. The minimum atomic E-state index is -0.558. The third-order valence-electron chi connectivity index (χ3n) is 1.95. The maximum Gasteiger partial charge on any atom is 0.321 e. The van der Waals surface area contributed by atoms with Crippen LogP contribution in [0.25, 0.3) is 0 Å². The predicted octanol–water partition coefficient (Wildman–Crippen LogP) is -0.121. The van der Waals surface area contributed by atoms with Crippen LogP contribution < -0.4 is 10.6 Å². The van der Waals surface area contributed by atoms with E-state index >= 15 is 0 Å². The number of rotatable bonds is 2. The lowest BCUT2D eigenvalue weighted by atomic mass is 10.2. The first kappa shape index (κ1) is 12.8. The molecule has 1 aliphatic rings. The average molecular weight is 246 g/mol. The molecule has 2 atom stereocenters. The zero-order valence-electron chi connectivity index (χ0n) is 9.11. The van der Waals surface area contributed by atoms with E-state index in [-0.39, 0.29) is 18.1 Å². The van der Waals surface area contributed by atoms with Crippen LogP contribution in [0.3, 0.4) is 0 Å². The number of amides is 3. The van der Waals surface area contributed by atoms with E-state index in [2.05, 4.69) is 10.6 Å². The number of carbonyl (C=O) groups is 3. The lowest BCUT2D eigenvalue weighted by Gasteiger charge is -2.19. The van der Waals surface area contributed by atoms with Crippen molar-refractivity contribution in [1.82, 2.24) is 10.6 Å². The number of ether oxygens (including phenoxy) is 1. The summed E-state index contributed by atoms with van der Waals surface area (Å²) in [6, 6.07) is -0.801. The van der Waals surface area contributed by atoms with Crippen molar-refractivity contribution in [2.45, 2.75) is 26.0 Å². The van der Waals surface area contributed by atoms with E-state index in [0.717, 1.165) is 0 Å². The minimum absolute atomic E-state index is 0.242. The Morgan fingerprint density at radius 1 is 1.25 bits per heavy atom. The van der Waals surface area contributed by atoms with Gasteiger partial charge in [0.2, 0.25) is 5.91 Å². The SMILES string of the molecule is CC(=O)NC(=O)N[C@H]1CSC[C@@H]1OC(C)=O. The summed E-state index contributed by atoms with van der Waals surface area (Å²) < 4.78 is 5.04. The Morgan fingerprint density at radius 3 is 2.50 bits per heavy atom. The number of nitrogens with one attached hydrogen (secondary N) is 2. The van der Waals surface area contributed by atoms with Gasteiger partial charge in [-0.25, -0.2) is 4.79 Å². The van der Waals surface area contributed by atoms with Crippen LogP contribution >= 0.6 is 11.8 Å². The molecule has 0 radical (unpaired) electrons. The highest BCUT2D eigenvalue weighted by Gasteiger charge is 2.31. The second-order valence-corrected chi connectivity index (χ2v) is 4.52. The van der Waals surface area contributed by atoms with Gasteiger partial charge in [-0.15, -0.1) is 0 Å². The summed E-state index contributed by atoms with van der Waals surface area (Å²) in [6.45, 7) is 2.59. The number of hydrogen-bond acceptors (Lipinski definition) is 5.